The summed E-state index contributed by atoms with van der Waals surface area (Å²) in [5.41, 5.74) is -0.223. The van der Waals surface area contributed by atoms with Gasteiger partial charge in [0.2, 0.25) is 0 Å². The van der Waals surface area contributed by atoms with Gasteiger partial charge in [0.15, 0.2) is 0 Å². The van der Waals surface area contributed by atoms with Gasteiger partial charge in [-0.1, -0.05) is 27.5 Å². The van der Waals surface area contributed by atoms with E-state index in [0.717, 1.165) is 0 Å². The van der Waals surface area contributed by atoms with Crippen LogP contribution in [0.2, 0.25) is 5.02 Å². The highest BCUT2D eigenvalue weighted by molar-refractivity contribution is 9.10. The Morgan fingerprint density at radius 1 is 1.23 bits per heavy atom. The lowest BCUT2D eigenvalue weighted by molar-refractivity contribution is -0.188. The van der Waals surface area contributed by atoms with Gasteiger partial charge in [-0.2, -0.15) is 13.2 Å². The molecule has 1 fully saturated rings. The van der Waals surface area contributed by atoms with E-state index in [4.69, 9.17) is 11.6 Å². The molecule has 1 aliphatic rings. The molecule has 1 saturated heterocycles. The topological polar surface area (TPSA) is 35.5 Å². The molecule has 0 aromatic heterocycles. The molecule has 22 heavy (non-hydrogen) atoms. The normalized spacial score (nSPS) is 17.3. The van der Waals surface area contributed by atoms with Crippen molar-refractivity contribution >= 4 is 52.3 Å². The van der Waals surface area contributed by atoms with E-state index in [2.05, 4.69) is 21.2 Å². The molecule has 2 N–H and O–H groups in total. The lowest BCUT2D eigenvalue weighted by Gasteiger charge is -2.36. The first kappa shape index (κ1) is 22.1. The molecule has 2 rings (SSSR count). The number of benzene rings is 1. The number of alkyl halides is 3. The van der Waals surface area contributed by atoms with Crippen molar-refractivity contribution in [3.63, 3.8) is 0 Å². The summed E-state index contributed by atoms with van der Waals surface area (Å²) < 4.78 is 40.6. The zero-order valence-corrected chi connectivity index (χ0v) is 15.1. The number of nitrogens with zero attached hydrogens (tertiary/aromatic N) is 1. The standard InChI is InChI=1S/C12H13BrClF3N2O.2ClH/c13-7-5-8(10(20)9(14)6-7)11(12(15,16)17)19-3-1-18-2-4-19;;/h5-6,11,18,20H,1-4H2;2*1H/t11-;;/m1../s1. The Bertz CT molecular complexity index is 499. The minimum Gasteiger partial charge on any atom is -0.506 e. The third kappa shape index (κ3) is 5.04. The number of piperazine rings is 1. The summed E-state index contributed by atoms with van der Waals surface area (Å²) in [6, 6.07) is 0.770. The van der Waals surface area contributed by atoms with E-state index in [1.165, 1.54) is 17.0 Å². The van der Waals surface area contributed by atoms with E-state index < -0.39 is 18.0 Å². The van der Waals surface area contributed by atoms with Gasteiger partial charge < -0.3 is 10.4 Å². The van der Waals surface area contributed by atoms with E-state index in [1.54, 1.807) is 0 Å². The molecule has 128 valence electrons. The first-order chi connectivity index (χ1) is 9.30. The predicted octanol–water partition coefficient (Wildman–Crippen LogP) is 4.16. The van der Waals surface area contributed by atoms with Crippen molar-refractivity contribution in [2.45, 2.75) is 12.2 Å². The largest absolute Gasteiger partial charge is 0.506 e. The molecule has 0 spiro atoms. The summed E-state index contributed by atoms with van der Waals surface area (Å²) >= 11 is 8.89. The van der Waals surface area contributed by atoms with Crippen LogP contribution in [0.15, 0.2) is 16.6 Å². The summed E-state index contributed by atoms with van der Waals surface area (Å²) in [5.74, 6) is -0.518. The lowest BCUT2D eigenvalue weighted by atomic mass is 10.0. The fourth-order valence-electron chi connectivity index (χ4n) is 2.31. The molecule has 3 nitrogen and oxygen atoms in total. The van der Waals surface area contributed by atoms with E-state index in [9.17, 15) is 18.3 Å². The zero-order chi connectivity index (χ0) is 14.9. The maximum atomic E-state index is 13.4. The summed E-state index contributed by atoms with van der Waals surface area (Å²) in [5, 5.41) is 12.8. The Kier molecular flexibility index (Phi) is 8.83. The third-order valence-electron chi connectivity index (χ3n) is 3.18. The van der Waals surface area contributed by atoms with Crippen LogP contribution in [0.5, 0.6) is 5.75 Å². The second kappa shape index (κ2) is 8.80. The van der Waals surface area contributed by atoms with Gasteiger partial charge in [-0.25, -0.2) is 0 Å². The smallest absolute Gasteiger partial charge is 0.408 e. The molecule has 0 amide bonds. The molecule has 0 bridgehead atoms. The first-order valence-corrected chi connectivity index (χ1v) is 7.17. The molecule has 1 aromatic carbocycles. The average Bonchev–Trinajstić information content (AvgIpc) is 2.35. The molecule has 0 saturated carbocycles. The van der Waals surface area contributed by atoms with Crippen molar-refractivity contribution in [1.29, 1.82) is 0 Å². The van der Waals surface area contributed by atoms with Crippen LogP contribution in [0.3, 0.4) is 0 Å². The number of rotatable bonds is 2. The SMILES string of the molecule is Cl.Cl.Oc1c(Cl)cc(Br)cc1[C@@H](N1CCNCC1)C(F)(F)F. The monoisotopic (exact) mass is 444 g/mol. The first-order valence-electron chi connectivity index (χ1n) is 6.00. The number of hydrogen-bond acceptors (Lipinski definition) is 3. The highest BCUT2D eigenvalue weighted by Gasteiger charge is 2.46. The Morgan fingerprint density at radius 2 is 1.77 bits per heavy atom. The molecule has 0 aliphatic carbocycles. The zero-order valence-electron chi connectivity index (χ0n) is 11.2. The number of hydrogen-bond donors (Lipinski definition) is 2. The van der Waals surface area contributed by atoms with E-state index >= 15 is 0 Å². The number of halogens is 7. The minimum absolute atomic E-state index is 0. The lowest BCUT2D eigenvalue weighted by Crippen LogP contribution is -2.49. The van der Waals surface area contributed by atoms with E-state index in [1.807, 2.05) is 0 Å². The fraction of sp³-hybridized carbons (Fsp3) is 0.500. The third-order valence-corrected chi connectivity index (χ3v) is 3.92. The van der Waals surface area contributed by atoms with Crippen LogP contribution in [-0.2, 0) is 0 Å². The van der Waals surface area contributed by atoms with Gasteiger partial charge in [-0.3, -0.25) is 4.90 Å². The second-order valence-electron chi connectivity index (χ2n) is 4.56. The Balaban J connectivity index is 0.00000220. The number of phenols is 1. The summed E-state index contributed by atoms with van der Waals surface area (Å²) in [6.07, 6.45) is -4.49. The molecular formula is C12H15BrCl3F3N2O. The maximum Gasteiger partial charge on any atom is 0.408 e. The van der Waals surface area contributed by atoms with Crippen LogP contribution in [0, 0.1) is 0 Å². The highest BCUT2D eigenvalue weighted by atomic mass is 79.9. The summed E-state index contributed by atoms with van der Waals surface area (Å²) in [4.78, 5) is 1.30. The molecule has 10 heteroatoms. The molecule has 0 unspecified atom stereocenters. The van der Waals surface area contributed by atoms with Crippen LogP contribution in [-0.4, -0.2) is 42.4 Å². The van der Waals surface area contributed by atoms with Crippen molar-refractivity contribution in [1.82, 2.24) is 10.2 Å². The minimum atomic E-state index is -4.49. The number of phenolic OH excluding ortho intramolecular Hbond substituents is 1. The summed E-state index contributed by atoms with van der Waals surface area (Å²) in [7, 11) is 0. The van der Waals surface area contributed by atoms with Crippen molar-refractivity contribution in [2.24, 2.45) is 0 Å². The van der Waals surface area contributed by atoms with Crippen molar-refractivity contribution in [2.75, 3.05) is 26.2 Å². The number of nitrogens with one attached hydrogen (secondary N) is 1. The van der Waals surface area contributed by atoms with Crippen molar-refractivity contribution in [3.8, 4) is 5.75 Å². The summed E-state index contributed by atoms with van der Waals surface area (Å²) in [6.45, 7) is 1.48. The quantitative estimate of drug-likeness (QED) is 0.716. The molecule has 1 aliphatic heterocycles. The Labute approximate surface area is 152 Å². The molecule has 1 heterocycles. The maximum absolute atomic E-state index is 13.4. The van der Waals surface area contributed by atoms with Crippen LogP contribution in [0.4, 0.5) is 13.2 Å². The van der Waals surface area contributed by atoms with Crippen LogP contribution >= 0.6 is 52.3 Å². The molecule has 0 radical (unpaired) electrons. The van der Waals surface area contributed by atoms with Crippen molar-refractivity contribution in [3.05, 3.63) is 27.2 Å². The van der Waals surface area contributed by atoms with Gasteiger partial charge in [0.25, 0.3) is 0 Å². The van der Waals surface area contributed by atoms with Gasteiger partial charge in [0.1, 0.15) is 11.8 Å². The van der Waals surface area contributed by atoms with E-state index in [0.29, 0.717) is 17.6 Å². The second-order valence-corrected chi connectivity index (χ2v) is 5.88. The van der Waals surface area contributed by atoms with Crippen molar-refractivity contribution < 1.29 is 18.3 Å². The van der Waals surface area contributed by atoms with Crippen LogP contribution in [0.1, 0.15) is 11.6 Å². The fourth-order valence-corrected chi connectivity index (χ4v) is 3.15. The van der Waals surface area contributed by atoms with Gasteiger partial charge >= 0.3 is 6.18 Å². The Morgan fingerprint density at radius 3 is 2.27 bits per heavy atom. The molecule has 1 atom stereocenters. The van der Waals surface area contributed by atoms with Gasteiger partial charge in [0.05, 0.1) is 5.02 Å². The molecule has 1 aromatic rings. The van der Waals surface area contributed by atoms with Crippen LogP contribution < -0.4 is 5.32 Å². The van der Waals surface area contributed by atoms with E-state index in [-0.39, 0.29) is 48.5 Å². The van der Waals surface area contributed by atoms with Gasteiger partial charge in [-0.05, 0) is 12.1 Å². The Hall–Kier alpha value is 0.0800. The molecular weight excluding hydrogens is 431 g/mol. The van der Waals surface area contributed by atoms with Gasteiger partial charge in [0, 0.05) is 36.2 Å². The average molecular weight is 447 g/mol. The number of aromatic hydroxyl groups is 1. The van der Waals surface area contributed by atoms with Crippen LogP contribution in [0.25, 0.3) is 0 Å². The van der Waals surface area contributed by atoms with Gasteiger partial charge in [-0.15, -0.1) is 24.8 Å². The predicted molar refractivity (Wildman–Crippen MR) is 88.6 cm³/mol. The highest BCUT2D eigenvalue weighted by Crippen LogP contribution is 2.44.